The van der Waals surface area contributed by atoms with Gasteiger partial charge in [-0.25, -0.2) is 4.98 Å². The van der Waals surface area contributed by atoms with Gasteiger partial charge in [-0.2, -0.15) is 0 Å². The minimum absolute atomic E-state index is 0.241. The Bertz CT molecular complexity index is 568. The van der Waals surface area contributed by atoms with Crippen LogP contribution >= 0.6 is 15.9 Å². The maximum Gasteiger partial charge on any atom is 0.207 e. The number of aromatic nitrogens is 2. The molecule has 108 valence electrons. The van der Waals surface area contributed by atoms with Crippen molar-refractivity contribution in [2.75, 3.05) is 19.0 Å². The van der Waals surface area contributed by atoms with Crippen LogP contribution in [0.5, 0.6) is 0 Å². The molecule has 1 aromatic carbocycles. The van der Waals surface area contributed by atoms with Crippen LogP contribution in [0.3, 0.4) is 0 Å². The van der Waals surface area contributed by atoms with E-state index in [9.17, 15) is 0 Å². The zero-order valence-electron chi connectivity index (χ0n) is 12.1. The van der Waals surface area contributed by atoms with Crippen LogP contribution in [0.15, 0.2) is 35.1 Å². The summed E-state index contributed by atoms with van der Waals surface area (Å²) in [6.45, 7) is 4.91. The van der Waals surface area contributed by atoms with E-state index in [1.807, 2.05) is 12.3 Å². The number of halogens is 1. The number of methoxy groups -OCH3 is 1. The van der Waals surface area contributed by atoms with Gasteiger partial charge in [-0.15, -0.1) is 0 Å². The third-order valence-electron chi connectivity index (χ3n) is 3.25. The molecule has 5 heteroatoms. The van der Waals surface area contributed by atoms with E-state index in [1.165, 1.54) is 5.56 Å². The van der Waals surface area contributed by atoms with Crippen molar-refractivity contribution in [2.24, 2.45) is 0 Å². The highest BCUT2D eigenvalue weighted by Crippen LogP contribution is 2.25. The second kappa shape index (κ2) is 6.90. The first kappa shape index (κ1) is 15.1. The molecule has 0 radical (unpaired) electrons. The number of anilines is 2. The van der Waals surface area contributed by atoms with Gasteiger partial charge in [-0.1, -0.05) is 22.9 Å². The summed E-state index contributed by atoms with van der Waals surface area (Å²) >= 11 is 3.51. The molecule has 1 heterocycles. The largest absolute Gasteiger partial charge is 0.383 e. The Morgan fingerprint density at radius 1 is 1.45 bits per heavy atom. The number of hydrogen-bond acceptors (Lipinski definition) is 3. The lowest BCUT2D eigenvalue weighted by Crippen LogP contribution is -2.13. The van der Waals surface area contributed by atoms with E-state index in [1.54, 1.807) is 13.3 Å². The van der Waals surface area contributed by atoms with Crippen LogP contribution in [0.2, 0.25) is 0 Å². The average Bonchev–Trinajstić information content (AvgIpc) is 2.89. The van der Waals surface area contributed by atoms with Crippen LogP contribution in [-0.4, -0.2) is 23.3 Å². The lowest BCUT2D eigenvalue weighted by atomic mass is 10.1. The monoisotopic (exact) mass is 337 g/mol. The minimum Gasteiger partial charge on any atom is -0.383 e. The number of benzene rings is 1. The summed E-state index contributed by atoms with van der Waals surface area (Å²) in [5.74, 6) is 0.839. The molecular weight excluding hydrogens is 318 g/mol. The Morgan fingerprint density at radius 3 is 2.95 bits per heavy atom. The molecule has 0 aliphatic rings. The normalized spacial score (nSPS) is 12.4. The summed E-state index contributed by atoms with van der Waals surface area (Å²) in [6, 6.07) is 6.48. The molecule has 2 aromatic rings. The minimum atomic E-state index is 0.241. The highest BCUT2D eigenvalue weighted by Gasteiger charge is 2.11. The Morgan fingerprint density at radius 2 is 2.25 bits per heavy atom. The van der Waals surface area contributed by atoms with E-state index in [4.69, 9.17) is 4.74 Å². The number of nitrogens with zero attached hydrogens (tertiary/aromatic N) is 2. The van der Waals surface area contributed by atoms with Crippen molar-refractivity contribution in [3.63, 3.8) is 0 Å². The number of nitrogens with one attached hydrogen (secondary N) is 1. The van der Waals surface area contributed by atoms with E-state index in [0.29, 0.717) is 6.61 Å². The van der Waals surface area contributed by atoms with E-state index in [-0.39, 0.29) is 6.04 Å². The molecule has 0 saturated heterocycles. The molecule has 0 aliphatic carbocycles. The van der Waals surface area contributed by atoms with Crippen LogP contribution in [-0.2, 0) is 11.2 Å². The second-order valence-corrected chi connectivity index (χ2v) is 5.66. The average molecular weight is 338 g/mol. The Kier molecular flexibility index (Phi) is 5.20. The molecule has 0 bridgehead atoms. The van der Waals surface area contributed by atoms with Gasteiger partial charge in [0.15, 0.2) is 0 Å². The zero-order valence-corrected chi connectivity index (χ0v) is 13.6. The summed E-state index contributed by atoms with van der Waals surface area (Å²) in [4.78, 5) is 4.40. The highest BCUT2D eigenvalue weighted by atomic mass is 79.9. The lowest BCUT2D eigenvalue weighted by molar-refractivity contribution is 0.163. The Labute approximate surface area is 128 Å². The molecular formula is C15H20BrN3O. The highest BCUT2D eigenvalue weighted by molar-refractivity contribution is 9.10. The van der Waals surface area contributed by atoms with Gasteiger partial charge in [-0.05, 0) is 37.1 Å². The van der Waals surface area contributed by atoms with Gasteiger partial charge in [0.25, 0.3) is 0 Å². The molecule has 0 aliphatic heterocycles. The first-order valence-electron chi connectivity index (χ1n) is 6.73. The molecule has 0 spiro atoms. The first-order chi connectivity index (χ1) is 9.65. The lowest BCUT2D eigenvalue weighted by Gasteiger charge is -2.17. The Hall–Kier alpha value is -1.33. The number of ether oxygens (including phenoxy) is 1. The van der Waals surface area contributed by atoms with Crippen LogP contribution in [0.1, 0.15) is 25.5 Å². The van der Waals surface area contributed by atoms with E-state index in [2.05, 4.69) is 56.8 Å². The molecule has 1 aromatic heterocycles. The predicted octanol–water partition coefficient (Wildman–Crippen LogP) is 4.16. The Balaban J connectivity index is 2.24. The number of aryl methyl sites for hydroxylation is 1. The smallest absolute Gasteiger partial charge is 0.207 e. The van der Waals surface area contributed by atoms with Crippen LogP contribution in [0.4, 0.5) is 11.6 Å². The van der Waals surface area contributed by atoms with Gasteiger partial charge in [0.1, 0.15) is 0 Å². The maximum absolute atomic E-state index is 5.21. The molecule has 1 unspecified atom stereocenters. The first-order valence-corrected chi connectivity index (χ1v) is 7.52. The van der Waals surface area contributed by atoms with Crippen molar-refractivity contribution in [2.45, 2.75) is 26.3 Å². The van der Waals surface area contributed by atoms with Gasteiger partial charge in [0, 0.05) is 29.7 Å². The summed E-state index contributed by atoms with van der Waals surface area (Å²) in [5.41, 5.74) is 2.35. The van der Waals surface area contributed by atoms with Crippen LogP contribution in [0, 0.1) is 0 Å². The van der Waals surface area contributed by atoms with E-state index < -0.39 is 0 Å². The molecule has 0 saturated carbocycles. The molecule has 0 amide bonds. The molecule has 0 fully saturated rings. The van der Waals surface area contributed by atoms with Gasteiger partial charge >= 0.3 is 0 Å². The van der Waals surface area contributed by atoms with Gasteiger partial charge in [0.05, 0.1) is 12.6 Å². The fourth-order valence-corrected chi connectivity index (χ4v) is 2.59. The zero-order chi connectivity index (χ0) is 14.5. The third-order valence-corrected chi connectivity index (χ3v) is 3.74. The fraction of sp³-hybridized carbons (Fsp3) is 0.400. The van der Waals surface area contributed by atoms with Crippen LogP contribution in [0.25, 0.3) is 0 Å². The van der Waals surface area contributed by atoms with Gasteiger partial charge in [0.2, 0.25) is 5.95 Å². The SMILES string of the molecule is CCc1cc(Br)ccc1Nc1nccn1C(C)COC. The third kappa shape index (κ3) is 3.41. The van der Waals surface area contributed by atoms with Gasteiger partial charge in [-0.3, -0.25) is 0 Å². The summed E-state index contributed by atoms with van der Waals surface area (Å²) in [6.07, 6.45) is 4.74. The summed E-state index contributed by atoms with van der Waals surface area (Å²) in [5, 5.41) is 3.41. The maximum atomic E-state index is 5.21. The van der Waals surface area contributed by atoms with Crippen LogP contribution < -0.4 is 5.32 Å². The number of hydrogen-bond donors (Lipinski definition) is 1. The van der Waals surface area contributed by atoms with Gasteiger partial charge < -0.3 is 14.6 Å². The van der Waals surface area contributed by atoms with Crippen molar-refractivity contribution < 1.29 is 4.74 Å². The molecule has 1 atom stereocenters. The summed E-state index contributed by atoms with van der Waals surface area (Å²) in [7, 11) is 1.71. The van der Waals surface area contributed by atoms with Crippen molar-refractivity contribution in [1.29, 1.82) is 0 Å². The predicted molar refractivity (Wildman–Crippen MR) is 85.6 cm³/mol. The summed E-state index contributed by atoms with van der Waals surface area (Å²) < 4.78 is 8.39. The van der Waals surface area contributed by atoms with E-state index >= 15 is 0 Å². The standard InChI is InChI=1S/C15H20BrN3O/c1-4-12-9-13(16)5-6-14(12)18-15-17-7-8-19(15)11(2)10-20-3/h5-9,11H,4,10H2,1-3H3,(H,17,18). The fourth-order valence-electron chi connectivity index (χ4n) is 2.18. The number of rotatable bonds is 6. The topological polar surface area (TPSA) is 39.1 Å². The molecule has 2 rings (SSSR count). The number of imidazole rings is 1. The second-order valence-electron chi connectivity index (χ2n) is 4.74. The molecule has 4 nitrogen and oxygen atoms in total. The molecule has 1 N–H and O–H groups in total. The van der Waals surface area contributed by atoms with Crippen molar-refractivity contribution in [3.8, 4) is 0 Å². The van der Waals surface area contributed by atoms with E-state index in [0.717, 1.165) is 22.5 Å². The molecule has 20 heavy (non-hydrogen) atoms. The van der Waals surface area contributed by atoms with Crippen molar-refractivity contribution in [1.82, 2.24) is 9.55 Å². The van der Waals surface area contributed by atoms with Crippen molar-refractivity contribution in [3.05, 3.63) is 40.6 Å². The van der Waals surface area contributed by atoms with Crippen molar-refractivity contribution >= 4 is 27.6 Å². The quantitative estimate of drug-likeness (QED) is 0.860.